The third-order valence-corrected chi connectivity index (χ3v) is 4.29. The summed E-state index contributed by atoms with van der Waals surface area (Å²) in [7, 11) is 1.85. The molecule has 1 aromatic carbocycles. The van der Waals surface area contributed by atoms with Gasteiger partial charge in [-0.1, -0.05) is 6.07 Å². The third-order valence-electron chi connectivity index (χ3n) is 4.29. The van der Waals surface area contributed by atoms with Crippen LogP contribution in [-0.4, -0.2) is 68.1 Å². The standard InChI is InChI=1S/C18H29N3O2.ClH/c1-14-9-15(2)11-17(10-14)23-8-7-20(4)18(22)13-21-6-5-19-12-16(21)3;/h9-11,16,19H,5-8,12-13H2,1-4H3;1H/t16-;/m1./s1. The third kappa shape index (κ3) is 6.30. The Balaban J connectivity index is 0.00000288. The van der Waals surface area contributed by atoms with Gasteiger partial charge in [0.2, 0.25) is 5.91 Å². The van der Waals surface area contributed by atoms with Gasteiger partial charge in [-0.25, -0.2) is 0 Å². The van der Waals surface area contributed by atoms with E-state index in [1.807, 2.05) is 19.2 Å². The molecule has 1 aromatic rings. The number of carbonyl (C=O) groups is 1. The minimum absolute atomic E-state index is 0. The molecule has 1 aliphatic heterocycles. The number of ether oxygens (including phenoxy) is 1. The van der Waals surface area contributed by atoms with Gasteiger partial charge in [-0.05, 0) is 44.0 Å². The Morgan fingerprint density at radius 2 is 2.00 bits per heavy atom. The molecule has 1 heterocycles. The lowest BCUT2D eigenvalue weighted by Crippen LogP contribution is -2.53. The summed E-state index contributed by atoms with van der Waals surface area (Å²) >= 11 is 0. The van der Waals surface area contributed by atoms with Crippen LogP contribution < -0.4 is 10.1 Å². The van der Waals surface area contributed by atoms with Crippen molar-refractivity contribution in [2.24, 2.45) is 0 Å². The maximum absolute atomic E-state index is 12.3. The summed E-state index contributed by atoms with van der Waals surface area (Å²) in [6, 6.07) is 6.58. The summed E-state index contributed by atoms with van der Waals surface area (Å²) in [4.78, 5) is 16.3. The highest BCUT2D eigenvalue weighted by molar-refractivity contribution is 5.85. The molecular weight excluding hydrogens is 326 g/mol. The van der Waals surface area contributed by atoms with Crippen LogP contribution in [0.4, 0.5) is 0 Å². The van der Waals surface area contributed by atoms with Crippen molar-refractivity contribution in [2.45, 2.75) is 26.8 Å². The SMILES string of the molecule is Cc1cc(C)cc(OCCN(C)C(=O)CN2CCNC[C@H]2C)c1.Cl. The minimum Gasteiger partial charge on any atom is -0.492 e. The largest absolute Gasteiger partial charge is 0.492 e. The van der Waals surface area contributed by atoms with E-state index in [1.165, 1.54) is 11.1 Å². The van der Waals surface area contributed by atoms with Crippen molar-refractivity contribution in [1.29, 1.82) is 0 Å². The van der Waals surface area contributed by atoms with Crippen LogP contribution in [0, 0.1) is 13.8 Å². The number of halogens is 1. The van der Waals surface area contributed by atoms with Crippen LogP contribution in [-0.2, 0) is 4.79 Å². The molecule has 24 heavy (non-hydrogen) atoms. The number of rotatable bonds is 6. The molecule has 2 rings (SSSR count). The molecule has 5 nitrogen and oxygen atoms in total. The molecule has 6 heteroatoms. The van der Waals surface area contributed by atoms with Gasteiger partial charge in [0.05, 0.1) is 13.1 Å². The van der Waals surface area contributed by atoms with Gasteiger partial charge < -0.3 is 15.0 Å². The van der Waals surface area contributed by atoms with Gasteiger partial charge in [-0.3, -0.25) is 9.69 Å². The zero-order valence-electron chi connectivity index (χ0n) is 15.2. The summed E-state index contributed by atoms with van der Waals surface area (Å²) in [6.07, 6.45) is 0. The number of aryl methyl sites for hydroxylation is 2. The fourth-order valence-corrected chi connectivity index (χ4v) is 2.85. The molecule has 1 N–H and O–H groups in total. The molecule has 0 aromatic heterocycles. The van der Waals surface area contributed by atoms with Gasteiger partial charge in [0.1, 0.15) is 12.4 Å². The number of carbonyl (C=O) groups excluding carboxylic acids is 1. The number of hydrogen-bond donors (Lipinski definition) is 1. The van der Waals surface area contributed by atoms with Crippen LogP contribution in [0.2, 0.25) is 0 Å². The number of nitrogens with one attached hydrogen (secondary N) is 1. The number of likely N-dealkylation sites (N-methyl/N-ethyl adjacent to an activating group) is 1. The lowest BCUT2D eigenvalue weighted by Gasteiger charge is -2.34. The first-order chi connectivity index (χ1) is 11.0. The van der Waals surface area contributed by atoms with Crippen molar-refractivity contribution >= 4 is 18.3 Å². The van der Waals surface area contributed by atoms with E-state index >= 15 is 0 Å². The quantitative estimate of drug-likeness (QED) is 0.846. The molecule has 0 unspecified atom stereocenters. The first kappa shape index (κ1) is 20.7. The van der Waals surface area contributed by atoms with Gasteiger partial charge in [-0.2, -0.15) is 0 Å². The average molecular weight is 356 g/mol. The predicted molar refractivity (Wildman–Crippen MR) is 100 cm³/mol. The van der Waals surface area contributed by atoms with Crippen molar-refractivity contribution in [3.05, 3.63) is 29.3 Å². The molecular formula is C18H30ClN3O2. The minimum atomic E-state index is 0. The van der Waals surface area contributed by atoms with Gasteiger partial charge in [0.15, 0.2) is 0 Å². The molecule has 1 saturated heterocycles. The van der Waals surface area contributed by atoms with Crippen molar-refractivity contribution in [3.63, 3.8) is 0 Å². The highest BCUT2D eigenvalue weighted by Gasteiger charge is 2.21. The van der Waals surface area contributed by atoms with E-state index < -0.39 is 0 Å². The van der Waals surface area contributed by atoms with Crippen molar-refractivity contribution in [1.82, 2.24) is 15.1 Å². The first-order valence-electron chi connectivity index (χ1n) is 8.35. The van der Waals surface area contributed by atoms with Crippen LogP contribution in [0.15, 0.2) is 18.2 Å². The topological polar surface area (TPSA) is 44.8 Å². The fraction of sp³-hybridized carbons (Fsp3) is 0.611. The van der Waals surface area contributed by atoms with Crippen LogP contribution in [0.25, 0.3) is 0 Å². The van der Waals surface area contributed by atoms with Gasteiger partial charge in [0, 0.05) is 32.7 Å². The van der Waals surface area contributed by atoms with E-state index in [9.17, 15) is 4.79 Å². The zero-order chi connectivity index (χ0) is 16.8. The zero-order valence-corrected chi connectivity index (χ0v) is 16.0. The Bertz CT molecular complexity index is 519. The van der Waals surface area contributed by atoms with E-state index in [2.05, 4.69) is 37.1 Å². The second kappa shape index (κ2) is 9.87. The normalized spacial score (nSPS) is 17.9. The second-order valence-corrected chi connectivity index (χ2v) is 6.51. The number of benzene rings is 1. The van der Waals surface area contributed by atoms with Crippen molar-refractivity contribution in [2.75, 3.05) is 46.4 Å². The fourth-order valence-electron chi connectivity index (χ4n) is 2.85. The number of piperazine rings is 1. The van der Waals surface area contributed by atoms with Crippen molar-refractivity contribution in [3.8, 4) is 5.75 Å². The summed E-state index contributed by atoms with van der Waals surface area (Å²) in [6.45, 7) is 10.7. The van der Waals surface area contributed by atoms with Crippen LogP contribution in [0.3, 0.4) is 0 Å². The van der Waals surface area contributed by atoms with E-state index in [1.54, 1.807) is 4.90 Å². The van der Waals surface area contributed by atoms with Gasteiger partial charge >= 0.3 is 0 Å². The first-order valence-corrected chi connectivity index (χ1v) is 8.35. The molecule has 0 saturated carbocycles. The second-order valence-electron chi connectivity index (χ2n) is 6.51. The summed E-state index contributed by atoms with van der Waals surface area (Å²) in [5.74, 6) is 1.03. The molecule has 1 fully saturated rings. The van der Waals surface area contributed by atoms with E-state index in [0.717, 1.165) is 25.4 Å². The summed E-state index contributed by atoms with van der Waals surface area (Å²) < 4.78 is 5.78. The van der Waals surface area contributed by atoms with E-state index in [4.69, 9.17) is 4.74 Å². The molecule has 0 spiro atoms. The highest BCUT2D eigenvalue weighted by atomic mass is 35.5. The summed E-state index contributed by atoms with van der Waals surface area (Å²) in [5.41, 5.74) is 2.38. The molecule has 1 atom stereocenters. The van der Waals surface area contributed by atoms with Gasteiger partial charge in [-0.15, -0.1) is 12.4 Å². The monoisotopic (exact) mass is 355 g/mol. The maximum atomic E-state index is 12.3. The molecule has 1 amide bonds. The predicted octanol–water partition coefficient (Wildman–Crippen LogP) is 1.86. The average Bonchev–Trinajstić information content (AvgIpc) is 2.48. The Kier molecular flexibility index (Phi) is 8.53. The highest BCUT2D eigenvalue weighted by Crippen LogP contribution is 2.16. The Morgan fingerprint density at radius 1 is 1.33 bits per heavy atom. The lowest BCUT2D eigenvalue weighted by atomic mass is 10.1. The molecule has 0 bridgehead atoms. The maximum Gasteiger partial charge on any atom is 0.236 e. The lowest BCUT2D eigenvalue weighted by molar-refractivity contribution is -0.132. The number of amides is 1. The van der Waals surface area contributed by atoms with E-state index in [0.29, 0.717) is 25.7 Å². The van der Waals surface area contributed by atoms with Crippen LogP contribution in [0.1, 0.15) is 18.1 Å². The molecule has 0 radical (unpaired) electrons. The Hall–Kier alpha value is -1.30. The number of nitrogens with zero attached hydrogens (tertiary/aromatic N) is 2. The molecule has 0 aliphatic carbocycles. The van der Waals surface area contributed by atoms with Crippen LogP contribution >= 0.6 is 12.4 Å². The summed E-state index contributed by atoms with van der Waals surface area (Å²) in [5, 5.41) is 3.34. The Labute approximate surface area is 151 Å². The number of hydrogen-bond acceptors (Lipinski definition) is 4. The smallest absolute Gasteiger partial charge is 0.236 e. The van der Waals surface area contributed by atoms with E-state index in [-0.39, 0.29) is 18.3 Å². The van der Waals surface area contributed by atoms with Gasteiger partial charge in [0.25, 0.3) is 0 Å². The van der Waals surface area contributed by atoms with Crippen molar-refractivity contribution < 1.29 is 9.53 Å². The molecule has 136 valence electrons. The molecule has 1 aliphatic rings. The Morgan fingerprint density at radius 3 is 2.62 bits per heavy atom. The van der Waals surface area contributed by atoms with Crippen LogP contribution in [0.5, 0.6) is 5.75 Å².